The van der Waals surface area contributed by atoms with Crippen molar-refractivity contribution < 1.29 is 133 Å². The quantitative estimate of drug-likeness (QED) is 0.0698. The summed E-state index contributed by atoms with van der Waals surface area (Å²) in [5, 5.41) is 166. The second kappa shape index (κ2) is 24.5. The van der Waals surface area contributed by atoms with E-state index in [1.165, 1.54) is 18.1 Å². The SMILES string of the molecule is CCC(=O)[C@H]1C[C@@H](C)[C@]2(CC[C@@]3(C)C4=C(CC[C@@]32C)[C@@]2(C)CC[C@H](O[C@@H]3O[C@H](CO[C@@H]5OC[C@H](O)[C@H](O)[C@H]5O[C@@H]5O[C@H](CO)[C@@H](O)[C@H](O[C@@H]6O[C@H](CO)[C@@H](O)[C@H](O)[C@H]6O)[C@H]5O[C@@H]5O[C@@H](C)[C@H](O)[C@@H](O)[C@H]5O)[C@@H](O)[C@H](O)[C@H]3O)[C@@](C)(O)[C@@H]2CC4)O1. The number of fused-ring (bicyclic) bond motifs is 5. The largest absolute Gasteiger partial charge is 0.394 e. The van der Waals surface area contributed by atoms with Crippen LogP contribution in [0.4, 0.5) is 0 Å². The molecule has 482 valence electrons. The molecule has 10 aliphatic rings. The van der Waals surface area contributed by atoms with Crippen molar-refractivity contribution in [2.45, 2.75) is 284 Å². The Morgan fingerprint density at radius 3 is 1.80 bits per heavy atom. The fraction of sp³-hybridized carbons (Fsp3) is 0.947. The van der Waals surface area contributed by atoms with E-state index in [2.05, 4.69) is 27.7 Å². The number of aliphatic hydroxyl groups excluding tert-OH is 14. The molecule has 15 N–H and O–H groups in total. The van der Waals surface area contributed by atoms with Crippen molar-refractivity contribution in [1.82, 2.24) is 0 Å². The number of carbonyl (C=O) groups is 1. The Morgan fingerprint density at radius 1 is 0.571 bits per heavy atom. The Kier molecular flexibility index (Phi) is 19.1. The number of aliphatic hydroxyl groups is 15. The standard InChI is InChI=1S/C57H92O27/c1-8-26(60)28-17-22(2)57(84-28)16-15-54(5)25-9-10-32-53(4,24(25)11-14-55(54,57)6)13-12-33(56(32,7)73)80-49-43(71)41(69)37(65)31(79-49)21-75-51-46(35(63)27(61)20-74-51)82-52-47(83-48-42(70)39(67)34(62)23(3)76-48)45(38(66)30(19-59)78-52)81-50-44(72)40(68)36(64)29(18-58)77-50/h22-23,27-52,58-59,61-73H,8-21H2,1-7H3/t22-,23+,27+,28-,29-,30-,31-,32-,33+,34+,35+,36-,37-,38-,39-,40+,41+,42-,43-,44-,45+,46-,47-,48+,49+,50+,51+,52+,53-,54+,55+,56+,57+/m1/s1. The van der Waals surface area contributed by atoms with Gasteiger partial charge in [0.05, 0.1) is 49.8 Å². The summed E-state index contributed by atoms with van der Waals surface area (Å²) in [4.78, 5) is 13.0. The lowest BCUT2D eigenvalue weighted by atomic mass is 9.44. The van der Waals surface area contributed by atoms with Crippen molar-refractivity contribution in [3.05, 3.63) is 11.1 Å². The number of hydrogen-bond donors (Lipinski definition) is 15. The molecule has 8 fully saturated rings. The highest BCUT2D eigenvalue weighted by Gasteiger charge is 2.72. The molecule has 10 rings (SSSR count). The fourth-order valence-electron chi connectivity index (χ4n) is 16.7. The molecule has 0 bridgehead atoms. The average molecular weight is 1210 g/mol. The molecular weight excluding hydrogens is 1120 g/mol. The summed E-state index contributed by atoms with van der Waals surface area (Å²) < 4.78 is 66.9. The summed E-state index contributed by atoms with van der Waals surface area (Å²) in [7, 11) is 0. The molecule has 1 spiro atoms. The third-order valence-electron chi connectivity index (χ3n) is 22.1. The molecule has 0 radical (unpaired) electrons. The fourth-order valence-corrected chi connectivity index (χ4v) is 16.7. The van der Waals surface area contributed by atoms with Crippen LogP contribution in [0.15, 0.2) is 11.1 Å². The van der Waals surface area contributed by atoms with Gasteiger partial charge in [0.15, 0.2) is 37.2 Å². The zero-order valence-electron chi connectivity index (χ0n) is 48.7. The van der Waals surface area contributed by atoms with E-state index in [1.807, 2.05) is 6.92 Å². The van der Waals surface area contributed by atoms with E-state index in [0.29, 0.717) is 25.7 Å². The lowest BCUT2D eigenvalue weighted by Crippen LogP contribution is -2.68. The summed E-state index contributed by atoms with van der Waals surface area (Å²) in [6, 6.07) is 0. The zero-order valence-corrected chi connectivity index (χ0v) is 48.7. The molecule has 0 unspecified atom stereocenters. The predicted molar refractivity (Wildman–Crippen MR) is 281 cm³/mol. The van der Waals surface area contributed by atoms with Crippen LogP contribution in [0.3, 0.4) is 0 Å². The van der Waals surface area contributed by atoms with E-state index >= 15 is 0 Å². The Bertz CT molecular complexity index is 2330. The molecule has 0 aromatic carbocycles. The van der Waals surface area contributed by atoms with Crippen molar-refractivity contribution in [1.29, 1.82) is 0 Å². The summed E-state index contributed by atoms with van der Waals surface area (Å²) >= 11 is 0. The van der Waals surface area contributed by atoms with Crippen LogP contribution < -0.4 is 0 Å². The maximum absolute atomic E-state index is 13.0. The van der Waals surface area contributed by atoms with Crippen LogP contribution in [-0.4, -0.2) is 280 Å². The minimum atomic E-state index is -2.05. The minimum absolute atomic E-state index is 0.146. The van der Waals surface area contributed by atoms with Crippen LogP contribution >= 0.6 is 0 Å². The number of rotatable bonds is 15. The van der Waals surface area contributed by atoms with Crippen LogP contribution in [0.1, 0.15) is 113 Å². The van der Waals surface area contributed by atoms with Gasteiger partial charge in [-0.3, -0.25) is 4.79 Å². The maximum atomic E-state index is 13.0. The number of ketones is 1. The van der Waals surface area contributed by atoms with Gasteiger partial charge >= 0.3 is 0 Å². The smallest absolute Gasteiger partial charge is 0.187 e. The first-order valence-electron chi connectivity index (χ1n) is 30.0. The van der Waals surface area contributed by atoms with Gasteiger partial charge in [0.2, 0.25) is 0 Å². The van der Waals surface area contributed by atoms with Crippen LogP contribution in [0.25, 0.3) is 0 Å². The van der Waals surface area contributed by atoms with Crippen LogP contribution in [-0.2, 0) is 56.9 Å². The summed E-state index contributed by atoms with van der Waals surface area (Å²) in [6.07, 6.45) is -37.6. The van der Waals surface area contributed by atoms with E-state index in [4.69, 9.17) is 52.1 Å². The van der Waals surface area contributed by atoms with Crippen molar-refractivity contribution in [3.63, 3.8) is 0 Å². The molecule has 27 nitrogen and oxygen atoms in total. The minimum Gasteiger partial charge on any atom is -0.394 e. The van der Waals surface area contributed by atoms with E-state index in [-0.39, 0.29) is 28.4 Å². The van der Waals surface area contributed by atoms with E-state index in [1.54, 1.807) is 6.92 Å². The molecule has 0 aromatic rings. The monoisotopic (exact) mass is 1210 g/mol. The van der Waals surface area contributed by atoms with Gasteiger partial charge in [0, 0.05) is 11.8 Å². The molecule has 0 aromatic heterocycles. The average Bonchev–Trinajstić information content (AvgIpc) is 1.45. The number of ether oxygens (including phenoxy) is 11. The lowest BCUT2D eigenvalue weighted by Gasteiger charge is -2.63. The first-order chi connectivity index (χ1) is 39.5. The van der Waals surface area contributed by atoms with Gasteiger partial charge in [0.1, 0.15) is 116 Å². The van der Waals surface area contributed by atoms with E-state index in [0.717, 1.165) is 38.5 Å². The van der Waals surface area contributed by atoms with Crippen LogP contribution in [0.2, 0.25) is 0 Å². The summed E-state index contributed by atoms with van der Waals surface area (Å²) in [5.41, 5.74) is 0.0485. The molecular formula is C57H92O27. The molecule has 84 heavy (non-hydrogen) atoms. The Balaban J connectivity index is 0.850. The molecule has 6 heterocycles. The number of allylic oxidation sites excluding steroid dienone is 2. The van der Waals surface area contributed by atoms with Gasteiger partial charge < -0.3 is 129 Å². The summed E-state index contributed by atoms with van der Waals surface area (Å²) in [5.74, 6) is 0.0709. The third kappa shape index (κ3) is 10.7. The zero-order chi connectivity index (χ0) is 61.1. The van der Waals surface area contributed by atoms with Gasteiger partial charge in [0.25, 0.3) is 0 Å². The van der Waals surface area contributed by atoms with Gasteiger partial charge in [-0.05, 0) is 94.3 Å². The lowest BCUT2D eigenvalue weighted by molar-refractivity contribution is -0.406. The maximum Gasteiger partial charge on any atom is 0.187 e. The number of hydrogen-bond acceptors (Lipinski definition) is 27. The molecule has 4 aliphatic carbocycles. The Labute approximate surface area is 487 Å². The highest BCUT2D eigenvalue weighted by molar-refractivity contribution is 5.83. The van der Waals surface area contributed by atoms with E-state index in [9.17, 15) is 81.4 Å². The normalized spacial score (nSPS) is 55.2. The summed E-state index contributed by atoms with van der Waals surface area (Å²) in [6.45, 7) is 11.1. The Hall–Kier alpha value is -1.63. The second-order valence-electron chi connectivity index (χ2n) is 26.5. The number of carbonyl (C=O) groups excluding carboxylic acids is 1. The van der Waals surface area contributed by atoms with Crippen LogP contribution in [0.5, 0.6) is 0 Å². The second-order valence-corrected chi connectivity index (χ2v) is 26.5. The molecule has 0 amide bonds. The van der Waals surface area contributed by atoms with Gasteiger partial charge in [-0.2, -0.15) is 0 Å². The van der Waals surface area contributed by atoms with Gasteiger partial charge in [-0.1, -0.05) is 45.8 Å². The van der Waals surface area contributed by atoms with Crippen molar-refractivity contribution >= 4 is 5.78 Å². The molecule has 27 heteroatoms. The van der Waals surface area contributed by atoms with Gasteiger partial charge in [-0.25, -0.2) is 0 Å². The predicted octanol–water partition coefficient (Wildman–Crippen LogP) is -3.86. The highest BCUT2D eigenvalue weighted by atomic mass is 16.8. The van der Waals surface area contributed by atoms with E-state index < -0.39 is 203 Å². The van der Waals surface area contributed by atoms with Gasteiger partial charge in [-0.15, -0.1) is 0 Å². The van der Waals surface area contributed by atoms with Crippen molar-refractivity contribution in [2.24, 2.45) is 28.1 Å². The number of Topliss-reactive ketones (excluding diaryl/α,β-unsaturated/α-hetero) is 1. The highest BCUT2D eigenvalue weighted by Crippen LogP contribution is 2.75. The first kappa shape index (κ1) is 65.3. The van der Waals surface area contributed by atoms with Crippen LogP contribution in [0, 0.1) is 28.1 Å². The molecule has 6 aliphatic heterocycles. The first-order valence-corrected chi connectivity index (χ1v) is 30.0. The Morgan fingerprint density at radius 2 is 1.14 bits per heavy atom. The molecule has 2 saturated carbocycles. The molecule has 6 saturated heterocycles. The van der Waals surface area contributed by atoms with Crippen molar-refractivity contribution in [3.8, 4) is 0 Å². The topological polar surface area (TPSA) is 422 Å². The third-order valence-corrected chi connectivity index (χ3v) is 22.1. The molecule has 33 atom stereocenters. The van der Waals surface area contributed by atoms with Crippen molar-refractivity contribution in [2.75, 3.05) is 26.4 Å².